The number of hydrogen-bond donors (Lipinski definition) is 1. The third-order valence-corrected chi connectivity index (χ3v) is 4.84. The van der Waals surface area contributed by atoms with E-state index >= 15 is 0 Å². The summed E-state index contributed by atoms with van der Waals surface area (Å²) in [5.41, 5.74) is 0. The summed E-state index contributed by atoms with van der Waals surface area (Å²) in [4.78, 5) is 14.4. The maximum atomic E-state index is 12.8. The van der Waals surface area contributed by atoms with E-state index in [2.05, 4.69) is 10.2 Å². The summed E-state index contributed by atoms with van der Waals surface area (Å²) >= 11 is 0. The van der Waals surface area contributed by atoms with E-state index in [0.717, 1.165) is 45.6 Å². The highest BCUT2D eigenvalue weighted by Gasteiger charge is 2.27. The van der Waals surface area contributed by atoms with Gasteiger partial charge in [0.2, 0.25) is 0 Å². The predicted octanol–water partition coefficient (Wildman–Crippen LogP) is 1.82. The lowest BCUT2D eigenvalue weighted by atomic mass is 9.95. The molecule has 2 heterocycles. The molecule has 0 aliphatic carbocycles. The van der Waals surface area contributed by atoms with Gasteiger partial charge in [-0.25, -0.2) is 4.39 Å². The Kier molecular flexibility index (Phi) is 6.04. The van der Waals surface area contributed by atoms with E-state index in [1.54, 1.807) is 0 Å². The summed E-state index contributed by atoms with van der Waals surface area (Å²) in [6.07, 6.45) is 3.35. The van der Waals surface area contributed by atoms with Crippen LogP contribution in [-0.4, -0.2) is 56.3 Å². The molecule has 5 nitrogen and oxygen atoms in total. The van der Waals surface area contributed by atoms with Crippen LogP contribution in [-0.2, 0) is 9.53 Å². The summed E-state index contributed by atoms with van der Waals surface area (Å²) < 4.78 is 23.6. The van der Waals surface area contributed by atoms with Crippen molar-refractivity contribution in [3.63, 3.8) is 0 Å². The standard InChI is InChI=1S/C18H25FN2O3/c19-15-1-3-17(4-2-15)24-13-18(22)20-11-14-5-8-21(9-6-14)16-7-10-23-12-16/h1-4,14,16H,5-13H2,(H,20,22)/t16-/m1/s1. The summed E-state index contributed by atoms with van der Waals surface area (Å²) in [6.45, 7) is 4.57. The van der Waals surface area contributed by atoms with Crippen molar-refractivity contribution in [1.29, 1.82) is 0 Å². The van der Waals surface area contributed by atoms with Crippen molar-refractivity contribution in [2.24, 2.45) is 5.92 Å². The number of likely N-dealkylation sites (tertiary alicyclic amines) is 1. The summed E-state index contributed by atoms with van der Waals surface area (Å²) in [6, 6.07) is 6.26. The minimum atomic E-state index is -0.317. The average molecular weight is 336 g/mol. The molecule has 1 aromatic carbocycles. The lowest BCUT2D eigenvalue weighted by Crippen LogP contribution is -2.44. The van der Waals surface area contributed by atoms with E-state index in [1.807, 2.05) is 0 Å². The van der Waals surface area contributed by atoms with E-state index in [4.69, 9.17) is 9.47 Å². The first kappa shape index (κ1) is 17.2. The molecule has 1 atom stereocenters. The highest BCUT2D eigenvalue weighted by Crippen LogP contribution is 2.21. The van der Waals surface area contributed by atoms with Crippen molar-refractivity contribution >= 4 is 5.91 Å². The minimum Gasteiger partial charge on any atom is -0.484 e. The van der Waals surface area contributed by atoms with Crippen LogP contribution >= 0.6 is 0 Å². The third-order valence-electron chi connectivity index (χ3n) is 4.84. The van der Waals surface area contributed by atoms with Crippen molar-refractivity contribution in [2.75, 3.05) is 39.5 Å². The zero-order chi connectivity index (χ0) is 16.8. The Morgan fingerprint density at radius 3 is 2.67 bits per heavy atom. The molecule has 1 amide bonds. The van der Waals surface area contributed by atoms with E-state index in [-0.39, 0.29) is 18.3 Å². The quantitative estimate of drug-likeness (QED) is 0.861. The molecule has 6 heteroatoms. The van der Waals surface area contributed by atoms with Crippen LogP contribution < -0.4 is 10.1 Å². The van der Waals surface area contributed by atoms with Crippen LogP contribution in [0.15, 0.2) is 24.3 Å². The smallest absolute Gasteiger partial charge is 0.257 e. The van der Waals surface area contributed by atoms with Crippen molar-refractivity contribution in [3.8, 4) is 5.75 Å². The second kappa shape index (κ2) is 8.44. The van der Waals surface area contributed by atoms with Gasteiger partial charge < -0.3 is 14.8 Å². The first-order valence-electron chi connectivity index (χ1n) is 8.67. The molecule has 132 valence electrons. The molecule has 0 unspecified atom stereocenters. The molecule has 2 aliphatic heterocycles. The monoisotopic (exact) mass is 336 g/mol. The fraction of sp³-hybridized carbons (Fsp3) is 0.611. The molecule has 2 aliphatic rings. The molecule has 2 fully saturated rings. The number of carbonyl (C=O) groups excluding carboxylic acids is 1. The fourth-order valence-electron chi connectivity index (χ4n) is 3.32. The van der Waals surface area contributed by atoms with Crippen molar-refractivity contribution in [1.82, 2.24) is 10.2 Å². The molecule has 0 radical (unpaired) electrons. The van der Waals surface area contributed by atoms with Crippen molar-refractivity contribution in [2.45, 2.75) is 25.3 Å². The Bertz CT molecular complexity index is 524. The van der Waals surface area contributed by atoms with Crippen LogP contribution in [0.3, 0.4) is 0 Å². The normalized spacial score (nSPS) is 22.5. The number of carbonyl (C=O) groups is 1. The van der Waals surface area contributed by atoms with E-state index in [9.17, 15) is 9.18 Å². The van der Waals surface area contributed by atoms with Gasteiger partial charge >= 0.3 is 0 Å². The third kappa shape index (κ3) is 4.92. The van der Waals surface area contributed by atoms with Crippen molar-refractivity contribution < 1.29 is 18.7 Å². The Balaban J connectivity index is 1.31. The number of nitrogens with one attached hydrogen (secondary N) is 1. The Morgan fingerprint density at radius 2 is 2.00 bits per heavy atom. The number of rotatable bonds is 6. The predicted molar refractivity (Wildman–Crippen MR) is 88.4 cm³/mol. The largest absolute Gasteiger partial charge is 0.484 e. The topological polar surface area (TPSA) is 50.8 Å². The first-order chi connectivity index (χ1) is 11.7. The van der Waals surface area contributed by atoms with Gasteiger partial charge in [-0.2, -0.15) is 0 Å². The molecule has 3 rings (SSSR count). The second-order valence-corrected chi connectivity index (χ2v) is 6.54. The van der Waals surface area contributed by atoms with Crippen molar-refractivity contribution in [3.05, 3.63) is 30.1 Å². The van der Waals surface area contributed by atoms with E-state index in [0.29, 0.717) is 24.3 Å². The van der Waals surface area contributed by atoms with Gasteiger partial charge in [-0.05, 0) is 62.5 Å². The van der Waals surface area contributed by atoms with Crippen LogP contribution in [0.5, 0.6) is 5.75 Å². The summed E-state index contributed by atoms with van der Waals surface area (Å²) in [7, 11) is 0. The van der Waals surface area contributed by atoms with Crippen LogP contribution in [0.1, 0.15) is 19.3 Å². The molecular weight excluding hydrogens is 311 g/mol. The van der Waals surface area contributed by atoms with Gasteiger partial charge in [0, 0.05) is 19.2 Å². The van der Waals surface area contributed by atoms with Gasteiger partial charge in [0.15, 0.2) is 6.61 Å². The van der Waals surface area contributed by atoms with Gasteiger partial charge in [0.1, 0.15) is 11.6 Å². The number of piperidine rings is 1. The molecule has 2 saturated heterocycles. The van der Waals surface area contributed by atoms with Gasteiger partial charge in [-0.1, -0.05) is 0 Å². The van der Waals surface area contributed by atoms with Crippen LogP contribution in [0, 0.1) is 11.7 Å². The maximum Gasteiger partial charge on any atom is 0.257 e. The molecule has 1 N–H and O–H groups in total. The highest BCUT2D eigenvalue weighted by molar-refractivity contribution is 5.77. The number of hydrogen-bond acceptors (Lipinski definition) is 4. The van der Waals surface area contributed by atoms with Crippen LogP contribution in [0.2, 0.25) is 0 Å². The van der Waals surface area contributed by atoms with Gasteiger partial charge in [-0.3, -0.25) is 9.69 Å². The Morgan fingerprint density at radius 1 is 1.25 bits per heavy atom. The number of nitrogens with zero attached hydrogens (tertiary/aromatic N) is 1. The summed E-state index contributed by atoms with van der Waals surface area (Å²) in [5, 5.41) is 2.94. The number of ether oxygens (including phenoxy) is 2. The Labute approximate surface area is 142 Å². The fourth-order valence-corrected chi connectivity index (χ4v) is 3.32. The number of halogens is 1. The second-order valence-electron chi connectivity index (χ2n) is 6.54. The van der Waals surface area contributed by atoms with E-state index in [1.165, 1.54) is 24.3 Å². The van der Waals surface area contributed by atoms with Gasteiger partial charge in [0.25, 0.3) is 5.91 Å². The van der Waals surface area contributed by atoms with Gasteiger partial charge in [-0.15, -0.1) is 0 Å². The molecule has 0 spiro atoms. The number of benzene rings is 1. The molecule has 1 aromatic rings. The SMILES string of the molecule is O=C(COc1ccc(F)cc1)NCC1CCN([C@@H]2CCOC2)CC1. The molecule has 0 aromatic heterocycles. The first-order valence-corrected chi connectivity index (χ1v) is 8.67. The van der Waals surface area contributed by atoms with E-state index < -0.39 is 0 Å². The molecule has 0 saturated carbocycles. The van der Waals surface area contributed by atoms with Gasteiger partial charge in [0.05, 0.1) is 6.61 Å². The van der Waals surface area contributed by atoms with Crippen LogP contribution in [0.25, 0.3) is 0 Å². The zero-order valence-corrected chi connectivity index (χ0v) is 13.9. The summed E-state index contributed by atoms with van der Waals surface area (Å²) in [5.74, 6) is 0.574. The highest BCUT2D eigenvalue weighted by atomic mass is 19.1. The maximum absolute atomic E-state index is 12.8. The average Bonchev–Trinajstić information content (AvgIpc) is 3.14. The molecule has 24 heavy (non-hydrogen) atoms. The zero-order valence-electron chi connectivity index (χ0n) is 13.9. The lowest BCUT2D eigenvalue weighted by Gasteiger charge is -2.35. The number of amides is 1. The minimum absolute atomic E-state index is 0.0378. The Hall–Kier alpha value is -1.66. The molecular formula is C18H25FN2O3. The van der Waals surface area contributed by atoms with Crippen LogP contribution in [0.4, 0.5) is 4.39 Å². The molecule has 0 bridgehead atoms. The lowest BCUT2D eigenvalue weighted by molar-refractivity contribution is -0.123.